The Morgan fingerprint density at radius 3 is 2.29 bits per heavy atom. The summed E-state index contributed by atoms with van der Waals surface area (Å²) >= 11 is 0. The number of hydrogen-bond donors (Lipinski definition) is 1. The van der Waals surface area contributed by atoms with E-state index in [9.17, 15) is 5.11 Å². The molecule has 2 aromatic rings. The lowest BCUT2D eigenvalue weighted by Gasteiger charge is -2.46. The number of ether oxygens (including phenoxy) is 4. The van der Waals surface area contributed by atoms with Gasteiger partial charge in [-0.2, -0.15) is 0 Å². The summed E-state index contributed by atoms with van der Waals surface area (Å²) in [7, 11) is 6.63. The summed E-state index contributed by atoms with van der Waals surface area (Å²) in [5.41, 5.74) is 4.66. The molecular weight excluding hydrogens is 358 g/mol. The molecule has 0 aliphatic carbocycles. The van der Waals surface area contributed by atoms with Gasteiger partial charge in [-0.15, -0.1) is 0 Å². The molecule has 0 amide bonds. The first kappa shape index (κ1) is 18.9. The molecule has 2 aromatic carbocycles. The number of aliphatic hydroxyl groups excluding tert-OH is 1. The minimum atomic E-state index is -0.0549. The molecule has 6 heteroatoms. The maximum atomic E-state index is 10.4. The molecule has 0 bridgehead atoms. The molecule has 1 N–H and O–H groups in total. The number of rotatable bonds is 5. The zero-order valence-corrected chi connectivity index (χ0v) is 16.8. The zero-order valence-electron chi connectivity index (χ0n) is 16.8. The van der Waals surface area contributed by atoms with Crippen LogP contribution in [-0.4, -0.2) is 51.6 Å². The zero-order chi connectivity index (χ0) is 19.8. The Morgan fingerprint density at radius 1 is 0.929 bits per heavy atom. The molecular formula is C22H27NO5. The lowest BCUT2D eigenvalue weighted by atomic mass is 9.76. The molecule has 28 heavy (non-hydrogen) atoms. The van der Waals surface area contributed by atoms with Gasteiger partial charge in [0.05, 0.1) is 35.0 Å². The van der Waals surface area contributed by atoms with Crippen molar-refractivity contribution in [1.82, 2.24) is 4.90 Å². The Kier molecular flexibility index (Phi) is 5.08. The van der Waals surface area contributed by atoms with Crippen molar-refractivity contribution in [2.75, 3.05) is 41.6 Å². The van der Waals surface area contributed by atoms with Crippen LogP contribution in [0.25, 0.3) is 0 Å². The van der Waals surface area contributed by atoms with Crippen LogP contribution in [0.3, 0.4) is 0 Å². The molecule has 0 spiro atoms. The minimum Gasteiger partial charge on any atom is -0.493 e. The predicted octanol–water partition coefficient (Wildman–Crippen LogP) is 2.91. The van der Waals surface area contributed by atoms with E-state index in [0.29, 0.717) is 0 Å². The van der Waals surface area contributed by atoms with Crippen LogP contribution >= 0.6 is 0 Å². The topological polar surface area (TPSA) is 60.4 Å². The van der Waals surface area contributed by atoms with Crippen LogP contribution in [0, 0.1) is 0 Å². The fourth-order valence-corrected chi connectivity index (χ4v) is 4.77. The van der Waals surface area contributed by atoms with E-state index in [1.807, 2.05) is 6.07 Å². The number of nitrogens with zero attached hydrogens (tertiary/aromatic N) is 1. The normalized spacial score (nSPS) is 20.6. The lowest BCUT2D eigenvalue weighted by molar-refractivity contribution is 0.0998. The molecule has 0 radical (unpaired) electrons. The minimum absolute atomic E-state index is 0.0530. The molecule has 0 fully saturated rings. The van der Waals surface area contributed by atoms with E-state index in [0.717, 1.165) is 53.6 Å². The van der Waals surface area contributed by atoms with Crippen molar-refractivity contribution in [3.05, 3.63) is 46.5 Å². The van der Waals surface area contributed by atoms with Crippen LogP contribution < -0.4 is 18.9 Å². The van der Waals surface area contributed by atoms with E-state index in [2.05, 4.69) is 23.1 Å². The predicted molar refractivity (Wildman–Crippen MR) is 106 cm³/mol. The Labute approximate surface area is 165 Å². The third-order valence-corrected chi connectivity index (χ3v) is 6.05. The van der Waals surface area contributed by atoms with Gasteiger partial charge in [-0.3, -0.25) is 4.90 Å². The van der Waals surface area contributed by atoms with Crippen LogP contribution in [-0.2, 0) is 13.0 Å². The van der Waals surface area contributed by atoms with Crippen LogP contribution in [0.4, 0.5) is 0 Å². The molecule has 0 saturated heterocycles. The van der Waals surface area contributed by atoms with Crippen LogP contribution in [0.15, 0.2) is 24.3 Å². The smallest absolute Gasteiger partial charge is 0.165 e. The van der Waals surface area contributed by atoms with Gasteiger partial charge >= 0.3 is 0 Å². The molecule has 6 nitrogen and oxygen atoms in total. The number of fused-ring (bicyclic) bond motifs is 4. The van der Waals surface area contributed by atoms with Crippen molar-refractivity contribution in [2.45, 2.75) is 24.9 Å². The molecule has 0 aromatic heterocycles. The Bertz CT molecular complexity index is 882. The Balaban J connectivity index is 1.86. The van der Waals surface area contributed by atoms with E-state index in [1.54, 1.807) is 28.4 Å². The lowest BCUT2D eigenvalue weighted by Crippen LogP contribution is -2.42. The van der Waals surface area contributed by atoms with E-state index in [4.69, 9.17) is 18.9 Å². The average molecular weight is 385 g/mol. The largest absolute Gasteiger partial charge is 0.493 e. The summed E-state index contributed by atoms with van der Waals surface area (Å²) in [6.07, 6.45) is 0.923. The van der Waals surface area contributed by atoms with Crippen molar-refractivity contribution in [1.29, 1.82) is 0 Å². The molecule has 0 saturated carbocycles. The summed E-state index contributed by atoms with van der Waals surface area (Å²) in [6, 6.07) is 8.21. The maximum absolute atomic E-state index is 10.4. The van der Waals surface area contributed by atoms with Crippen LogP contribution in [0.1, 0.15) is 34.2 Å². The first-order valence-corrected chi connectivity index (χ1v) is 9.50. The highest BCUT2D eigenvalue weighted by Crippen LogP contribution is 2.50. The van der Waals surface area contributed by atoms with Crippen molar-refractivity contribution in [2.24, 2.45) is 0 Å². The molecule has 2 aliphatic rings. The highest BCUT2D eigenvalue weighted by molar-refractivity contribution is 5.56. The van der Waals surface area contributed by atoms with Gasteiger partial charge in [0.25, 0.3) is 0 Å². The van der Waals surface area contributed by atoms with Gasteiger partial charge in [0.15, 0.2) is 23.0 Å². The first-order chi connectivity index (χ1) is 13.7. The highest BCUT2D eigenvalue weighted by atomic mass is 16.5. The average Bonchev–Trinajstić information content (AvgIpc) is 2.75. The first-order valence-electron chi connectivity index (χ1n) is 9.50. The maximum Gasteiger partial charge on any atom is 0.165 e. The number of aliphatic hydroxyl groups is 1. The monoisotopic (exact) mass is 385 g/mol. The second-order valence-electron chi connectivity index (χ2n) is 7.23. The summed E-state index contributed by atoms with van der Waals surface area (Å²) in [5.74, 6) is 2.90. The van der Waals surface area contributed by atoms with Gasteiger partial charge in [-0.1, -0.05) is 6.07 Å². The van der Waals surface area contributed by atoms with E-state index in [1.165, 1.54) is 11.1 Å². The second-order valence-corrected chi connectivity index (χ2v) is 7.23. The fraction of sp³-hybridized carbons (Fsp3) is 0.455. The number of benzene rings is 2. The van der Waals surface area contributed by atoms with Gasteiger partial charge < -0.3 is 24.1 Å². The standard InChI is InChI=1S/C22H27NO5/c1-25-18-6-5-14-16(22(18)28-4)11-23-8-7-13-9-19(26-2)20(27-3)10-15(13)21(23)17(14)12-24/h5-6,9-10,17,21,24H,7-8,11-12H2,1-4H3/t17-,21+/m1/s1. The molecule has 0 unspecified atom stereocenters. The van der Waals surface area contributed by atoms with Gasteiger partial charge in [0.2, 0.25) is 0 Å². The van der Waals surface area contributed by atoms with Crippen LogP contribution in [0.2, 0.25) is 0 Å². The van der Waals surface area contributed by atoms with E-state index >= 15 is 0 Å². The number of methoxy groups -OCH3 is 4. The van der Waals surface area contributed by atoms with Gasteiger partial charge in [-0.05, 0) is 41.3 Å². The fourth-order valence-electron chi connectivity index (χ4n) is 4.77. The molecule has 2 aliphatic heterocycles. The Hall–Kier alpha value is -2.44. The molecule has 2 atom stereocenters. The quantitative estimate of drug-likeness (QED) is 0.854. The van der Waals surface area contributed by atoms with Crippen molar-refractivity contribution < 1.29 is 24.1 Å². The van der Waals surface area contributed by atoms with Crippen molar-refractivity contribution in [3.8, 4) is 23.0 Å². The third-order valence-electron chi connectivity index (χ3n) is 6.05. The van der Waals surface area contributed by atoms with Crippen LogP contribution in [0.5, 0.6) is 23.0 Å². The van der Waals surface area contributed by atoms with Gasteiger partial charge in [0.1, 0.15) is 0 Å². The molecule has 150 valence electrons. The summed E-state index contributed by atoms with van der Waals surface area (Å²) in [6.45, 7) is 1.71. The SMILES string of the molecule is COc1cc2c(cc1OC)[C@H]1[C@H](CO)c3ccc(OC)c(OC)c3CN1CC2. The van der Waals surface area contributed by atoms with Crippen molar-refractivity contribution >= 4 is 0 Å². The summed E-state index contributed by atoms with van der Waals surface area (Å²) in [4.78, 5) is 2.42. The summed E-state index contributed by atoms with van der Waals surface area (Å²) < 4.78 is 22.2. The molecule has 4 rings (SSSR count). The Morgan fingerprint density at radius 2 is 1.64 bits per heavy atom. The van der Waals surface area contributed by atoms with Gasteiger partial charge in [0, 0.05) is 30.6 Å². The highest BCUT2D eigenvalue weighted by Gasteiger charge is 2.41. The number of hydrogen-bond acceptors (Lipinski definition) is 6. The second kappa shape index (κ2) is 7.53. The summed E-state index contributed by atoms with van der Waals surface area (Å²) in [5, 5.41) is 10.4. The molecule has 2 heterocycles. The van der Waals surface area contributed by atoms with E-state index < -0.39 is 0 Å². The van der Waals surface area contributed by atoms with Crippen molar-refractivity contribution in [3.63, 3.8) is 0 Å². The van der Waals surface area contributed by atoms with E-state index in [-0.39, 0.29) is 18.6 Å². The van der Waals surface area contributed by atoms with Gasteiger partial charge in [-0.25, -0.2) is 0 Å². The third kappa shape index (κ3) is 2.79.